The predicted molar refractivity (Wildman–Crippen MR) is 63.5 cm³/mol. The van der Waals surface area contributed by atoms with Crippen molar-refractivity contribution in [2.75, 3.05) is 7.11 Å². The lowest BCUT2D eigenvalue weighted by atomic mass is 10.1. The Morgan fingerprint density at radius 1 is 1.24 bits per heavy atom. The number of aromatic nitrogens is 3. The van der Waals surface area contributed by atoms with Crippen molar-refractivity contribution in [3.63, 3.8) is 0 Å². The zero-order valence-electron chi connectivity index (χ0n) is 9.58. The van der Waals surface area contributed by atoms with Crippen molar-refractivity contribution in [1.29, 1.82) is 0 Å². The largest absolute Gasteiger partial charge is 0.480 e. The molecule has 0 saturated carbocycles. The Balaban J connectivity index is 2.06. The van der Waals surface area contributed by atoms with Crippen molar-refractivity contribution >= 4 is 0 Å². The number of methoxy groups -OCH3 is 1. The molecule has 5 nitrogen and oxygen atoms in total. The molecule has 0 radical (unpaired) electrons. The summed E-state index contributed by atoms with van der Waals surface area (Å²) in [7, 11) is 1.55. The summed E-state index contributed by atoms with van der Waals surface area (Å²) in [4.78, 5) is 4.23. The second-order valence-electron chi connectivity index (χ2n) is 3.63. The molecule has 0 spiro atoms. The fourth-order valence-corrected chi connectivity index (χ4v) is 1.49. The molecule has 2 aromatic rings. The van der Waals surface area contributed by atoms with Gasteiger partial charge in [-0.2, -0.15) is 5.10 Å². The summed E-state index contributed by atoms with van der Waals surface area (Å²) >= 11 is 0. The Morgan fingerprint density at radius 3 is 2.71 bits per heavy atom. The van der Waals surface area contributed by atoms with E-state index in [0.717, 1.165) is 11.4 Å². The summed E-state index contributed by atoms with van der Waals surface area (Å²) in [5, 5.41) is 7.91. The Hall–Kier alpha value is -2.01. The summed E-state index contributed by atoms with van der Waals surface area (Å²) in [6.07, 6.45) is 2.39. The van der Waals surface area contributed by atoms with Gasteiger partial charge in [-0.1, -0.05) is 6.07 Å². The maximum atomic E-state index is 6.04. The van der Waals surface area contributed by atoms with Gasteiger partial charge >= 0.3 is 0 Å². The van der Waals surface area contributed by atoms with E-state index < -0.39 is 0 Å². The zero-order valence-corrected chi connectivity index (χ0v) is 9.58. The molecule has 17 heavy (non-hydrogen) atoms. The van der Waals surface area contributed by atoms with Crippen LogP contribution in [0.25, 0.3) is 0 Å². The SMILES string of the molecule is COc1ccc(C(N)Cc2ccccn2)nn1. The third kappa shape index (κ3) is 2.98. The minimum Gasteiger partial charge on any atom is -0.480 e. The first-order chi connectivity index (χ1) is 8.29. The summed E-state index contributed by atoms with van der Waals surface area (Å²) in [6.45, 7) is 0. The fraction of sp³-hybridized carbons (Fsp3) is 0.250. The third-order valence-corrected chi connectivity index (χ3v) is 2.40. The van der Waals surface area contributed by atoms with Crippen molar-refractivity contribution in [3.05, 3.63) is 47.9 Å². The van der Waals surface area contributed by atoms with Crippen LogP contribution in [-0.4, -0.2) is 22.3 Å². The van der Waals surface area contributed by atoms with E-state index in [1.807, 2.05) is 24.3 Å². The molecule has 1 atom stereocenters. The van der Waals surface area contributed by atoms with Crippen molar-refractivity contribution in [3.8, 4) is 5.88 Å². The summed E-state index contributed by atoms with van der Waals surface area (Å²) in [5.74, 6) is 0.485. The van der Waals surface area contributed by atoms with Gasteiger partial charge in [0.25, 0.3) is 0 Å². The van der Waals surface area contributed by atoms with Gasteiger partial charge in [0.2, 0.25) is 5.88 Å². The monoisotopic (exact) mass is 230 g/mol. The molecular weight excluding hydrogens is 216 g/mol. The van der Waals surface area contributed by atoms with Crippen LogP contribution in [-0.2, 0) is 6.42 Å². The quantitative estimate of drug-likeness (QED) is 0.852. The van der Waals surface area contributed by atoms with Gasteiger partial charge in [-0.3, -0.25) is 4.98 Å². The maximum Gasteiger partial charge on any atom is 0.233 e. The molecule has 2 heterocycles. The number of nitrogens with zero attached hydrogens (tertiary/aromatic N) is 3. The van der Waals surface area contributed by atoms with Crippen LogP contribution in [0.4, 0.5) is 0 Å². The smallest absolute Gasteiger partial charge is 0.233 e. The molecular formula is C12H14N4O. The number of hydrogen-bond donors (Lipinski definition) is 1. The van der Waals surface area contributed by atoms with Crippen molar-refractivity contribution in [2.45, 2.75) is 12.5 Å². The predicted octanol–water partition coefficient (Wildman–Crippen LogP) is 1.12. The average molecular weight is 230 g/mol. The van der Waals surface area contributed by atoms with Gasteiger partial charge in [0.15, 0.2) is 0 Å². The first-order valence-corrected chi connectivity index (χ1v) is 5.32. The van der Waals surface area contributed by atoms with E-state index in [1.165, 1.54) is 0 Å². The normalized spacial score (nSPS) is 12.1. The van der Waals surface area contributed by atoms with Crippen LogP contribution < -0.4 is 10.5 Å². The van der Waals surface area contributed by atoms with Crippen LogP contribution in [0.3, 0.4) is 0 Å². The Morgan fingerprint density at radius 2 is 2.12 bits per heavy atom. The van der Waals surface area contributed by atoms with Gasteiger partial charge in [0.1, 0.15) is 0 Å². The van der Waals surface area contributed by atoms with Crippen molar-refractivity contribution in [1.82, 2.24) is 15.2 Å². The van der Waals surface area contributed by atoms with Crippen LogP contribution in [0, 0.1) is 0 Å². The minimum atomic E-state index is -0.205. The van der Waals surface area contributed by atoms with Crippen molar-refractivity contribution in [2.24, 2.45) is 5.73 Å². The Kier molecular flexibility index (Phi) is 3.62. The van der Waals surface area contributed by atoms with Gasteiger partial charge in [0.05, 0.1) is 18.8 Å². The van der Waals surface area contributed by atoms with Gasteiger partial charge in [-0.25, -0.2) is 0 Å². The van der Waals surface area contributed by atoms with Crippen LogP contribution in [0.2, 0.25) is 0 Å². The summed E-state index contributed by atoms with van der Waals surface area (Å²) in [6, 6.07) is 9.12. The van der Waals surface area contributed by atoms with Gasteiger partial charge in [-0.15, -0.1) is 5.10 Å². The maximum absolute atomic E-state index is 6.04. The zero-order chi connectivity index (χ0) is 12.1. The fourth-order valence-electron chi connectivity index (χ4n) is 1.49. The first kappa shape index (κ1) is 11.5. The molecule has 0 saturated heterocycles. The molecule has 0 aliphatic heterocycles. The number of rotatable bonds is 4. The molecule has 5 heteroatoms. The molecule has 2 N–H and O–H groups in total. The van der Waals surface area contributed by atoms with E-state index in [1.54, 1.807) is 19.4 Å². The Labute approximate surface area is 99.7 Å². The van der Waals surface area contributed by atoms with E-state index >= 15 is 0 Å². The van der Waals surface area contributed by atoms with E-state index in [-0.39, 0.29) is 6.04 Å². The molecule has 2 rings (SSSR count). The molecule has 0 aliphatic carbocycles. The topological polar surface area (TPSA) is 73.9 Å². The second-order valence-corrected chi connectivity index (χ2v) is 3.63. The lowest BCUT2D eigenvalue weighted by Gasteiger charge is -2.09. The van der Waals surface area contributed by atoms with E-state index in [4.69, 9.17) is 10.5 Å². The second kappa shape index (κ2) is 5.36. The van der Waals surface area contributed by atoms with Gasteiger partial charge < -0.3 is 10.5 Å². The molecule has 1 unspecified atom stereocenters. The van der Waals surface area contributed by atoms with E-state index in [9.17, 15) is 0 Å². The van der Waals surface area contributed by atoms with Crippen LogP contribution in [0.15, 0.2) is 36.5 Å². The molecule has 0 aromatic carbocycles. The van der Waals surface area contributed by atoms with Gasteiger partial charge in [0, 0.05) is 24.4 Å². The lowest BCUT2D eigenvalue weighted by Crippen LogP contribution is -2.16. The van der Waals surface area contributed by atoms with Crippen LogP contribution in [0.5, 0.6) is 5.88 Å². The number of pyridine rings is 1. The highest BCUT2D eigenvalue weighted by molar-refractivity contribution is 5.16. The number of nitrogens with two attached hydrogens (primary N) is 1. The molecule has 0 bridgehead atoms. The summed E-state index contributed by atoms with van der Waals surface area (Å²) in [5.41, 5.74) is 7.71. The Bertz CT molecular complexity index is 458. The molecule has 0 aliphatic rings. The van der Waals surface area contributed by atoms with E-state index in [0.29, 0.717) is 12.3 Å². The van der Waals surface area contributed by atoms with Gasteiger partial charge in [-0.05, 0) is 18.2 Å². The number of ether oxygens (including phenoxy) is 1. The minimum absolute atomic E-state index is 0.205. The first-order valence-electron chi connectivity index (χ1n) is 5.32. The highest BCUT2D eigenvalue weighted by Gasteiger charge is 2.10. The van der Waals surface area contributed by atoms with E-state index in [2.05, 4.69) is 15.2 Å². The van der Waals surface area contributed by atoms with Crippen molar-refractivity contribution < 1.29 is 4.74 Å². The standard InChI is InChI=1S/C12H14N4O/c1-17-12-6-5-11(15-16-12)10(13)8-9-4-2-3-7-14-9/h2-7,10H,8,13H2,1H3. The van der Waals surface area contributed by atoms with Crippen LogP contribution >= 0.6 is 0 Å². The third-order valence-electron chi connectivity index (χ3n) is 2.40. The highest BCUT2D eigenvalue weighted by Crippen LogP contribution is 2.13. The number of hydrogen-bond acceptors (Lipinski definition) is 5. The summed E-state index contributed by atoms with van der Waals surface area (Å²) < 4.78 is 4.94. The lowest BCUT2D eigenvalue weighted by molar-refractivity contribution is 0.390. The average Bonchev–Trinajstić information content (AvgIpc) is 2.40. The molecule has 2 aromatic heterocycles. The molecule has 88 valence electrons. The molecule has 0 fully saturated rings. The highest BCUT2D eigenvalue weighted by atomic mass is 16.5. The molecule has 0 amide bonds. The van der Waals surface area contributed by atoms with Crippen LogP contribution in [0.1, 0.15) is 17.4 Å².